The van der Waals surface area contributed by atoms with Crippen LogP contribution in [0.2, 0.25) is 0 Å². The Bertz CT molecular complexity index is 3350. The lowest BCUT2D eigenvalue weighted by molar-refractivity contribution is 0.673. The molecule has 53 heavy (non-hydrogen) atoms. The van der Waals surface area contributed by atoms with Gasteiger partial charge in [-0.1, -0.05) is 78.9 Å². The van der Waals surface area contributed by atoms with E-state index >= 15 is 0 Å². The molecule has 10 rings (SSSR count). The zero-order valence-electron chi connectivity index (χ0n) is 27.8. The van der Waals surface area contributed by atoms with Crippen LogP contribution in [0.5, 0.6) is 0 Å². The molecule has 0 unspecified atom stereocenters. The number of nitrogens with zero attached hydrogens (tertiary/aromatic N) is 6. The third kappa shape index (κ3) is 4.05. The van der Waals surface area contributed by atoms with E-state index in [9.17, 15) is 21.0 Å². The summed E-state index contributed by atoms with van der Waals surface area (Å²) in [5.74, 6) is 0. The van der Waals surface area contributed by atoms with E-state index in [-0.39, 0.29) is 16.7 Å². The van der Waals surface area contributed by atoms with Crippen molar-refractivity contribution in [2.45, 2.75) is 0 Å². The number of aromatic nitrogens is 2. The number of hydrogen-bond donors (Lipinski definition) is 0. The summed E-state index contributed by atoms with van der Waals surface area (Å²) < 4.78 is 10.6. The molecule has 242 valence electrons. The van der Waals surface area contributed by atoms with Crippen molar-refractivity contribution < 1.29 is 4.42 Å². The average Bonchev–Trinajstić information content (AvgIpc) is 3.87. The molecule has 0 aliphatic rings. The van der Waals surface area contributed by atoms with E-state index in [4.69, 9.17) is 4.42 Å². The highest BCUT2D eigenvalue weighted by molar-refractivity contribution is 6.24. The molecule has 7 aromatic carbocycles. The minimum Gasteiger partial charge on any atom is -0.455 e. The van der Waals surface area contributed by atoms with Crippen molar-refractivity contribution in [1.82, 2.24) is 9.13 Å². The summed E-state index contributed by atoms with van der Waals surface area (Å²) in [6.07, 6.45) is 0. The number of fused-ring (bicyclic) bond motifs is 10. The van der Waals surface area contributed by atoms with E-state index in [1.54, 1.807) is 12.1 Å². The van der Waals surface area contributed by atoms with Crippen LogP contribution in [-0.2, 0) is 0 Å². The van der Waals surface area contributed by atoms with Gasteiger partial charge >= 0.3 is 0 Å². The van der Waals surface area contributed by atoms with E-state index in [1.165, 1.54) is 0 Å². The normalized spacial score (nSPS) is 11.3. The maximum Gasteiger partial charge on any atom is 0.145 e. The van der Waals surface area contributed by atoms with Crippen LogP contribution in [0.15, 0.2) is 138 Å². The molecule has 0 saturated heterocycles. The summed E-state index contributed by atoms with van der Waals surface area (Å²) in [6.45, 7) is 0. The molecule has 0 bridgehead atoms. The van der Waals surface area contributed by atoms with Gasteiger partial charge in [0.1, 0.15) is 35.4 Å². The van der Waals surface area contributed by atoms with Crippen LogP contribution in [0.3, 0.4) is 0 Å². The Morgan fingerprint density at radius 2 is 1.06 bits per heavy atom. The van der Waals surface area contributed by atoms with Gasteiger partial charge in [0.2, 0.25) is 0 Å². The maximum absolute atomic E-state index is 10.7. The highest BCUT2D eigenvalue weighted by Crippen LogP contribution is 2.43. The van der Waals surface area contributed by atoms with Crippen molar-refractivity contribution in [1.29, 1.82) is 21.0 Å². The predicted octanol–water partition coefficient (Wildman–Crippen LogP) is 10.9. The minimum absolute atomic E-state index is 0.0155. The van der Waals surface area contributed by atoms with Gasteiger partial charge in [-0.25, -0.2) is 0 Å². The lowest BCUT2D eigenvalue weighted by Crippen LogP contribution is -2.06. The van der Waals surface area contributed by atoms with Crippen molar-refractivity contribution in [2.24, 2.45) is 0 Å². The SMILES string of the molecule is N#Cc1ccc(-c2cc(C#N)c(C#N)c(C#N)c2-n2c3ccccc3c3ccccc32)cc1-n1c2ccccc2c2c3oc4ccccc4c3ccc21. The summed E-state index contributed by atoms with van der Waals surface area (Å²) in [5.41, 5.74) is 8.04. The molecule has 0 fully saturated rings. The molecule has 3 aromatic heterocycles. The Balaban J connectivity index is 1.33. The summed E-state index contributed by atoms with van der Waals surface area (Å²) >= 11 is 0. The molecule has 3 heterocycles. The zero-order valence-corrected chi connectivity index (χ0v) is 27.8. The summed E-state index contributed by atoms with van der Waals surface area (Å²) in [5, 5.41) is 47.8. The number of nitriles is 4. The van der Waals surface area contributed by atoms with Gasteiger partial charge < -0.3 is 13.6 Å². The molecule has 0 aliphatic heterocycles. The van der Waals surface area contributed by atoms with E-state index in [0.717, 1.165) is 65.6 Å². The lowest BCUT2D eigenvalue weighted by atomic mass is 9.92. The third-order valence-electron chi connectivity index (χ3n) is 10.3. The Hall–Kier alpha value is -8.10. The first-order valence-electron chi connectivity index (χ1n) is 16.9. The Morgan fingerprint density at radius 1 is 0.453 bits per heavy atom. The van der Waals surface area contributed by atoms with Crippen LogP contribution in [0.4, 0.5) is 0 Å². The lowest BCUT2D eigenvalue weighted by Gasteiger charge is -2.19. The summed E-state index contributed by atoms with van der Waals surface area (Å²) in [4.78, 5) is 0. The third-order valence-corrected chi connectivity index (χ3v) is 10.3. The van der Waals surface area contributed by atoms with Crippen LogP contribution in [0.1, 0.15) is 22.3 Å². The van der Waals surface area contributed by atoms with Gasteiger partial charge in [0.05, 0.1) is 61.1 Å². The van der Waals surface area contributed by atoms with Crippen molar-refractivity contribution in [2.75, 3.05) is 0 Å². The van der Waals surface area contributed by atoms with Gasteiger partial charge in [-0.3, -0.25) is 0 Å². The first-order valence-corrected chi connectivity index (χ1v) is 16.9. The molecule has 7 nitrogen and oxygen atoms in total. The molecule has 0 amide bonds. The topological polar surface area (TPSA) is 118 Å². The molecule has 0 spiro atoms. The quantitative estimate of drug-likeness (QED) is 0.185. The number of furan rings is 1. The van der Waals surface area contributed by atoms with E-state index < -0.39 is 0 Å². The number of hydrogen-bond acceptors (Lipinski definition) is 5. The van der Waals surface area contributed by atoms with Crippen molar-refractivity contribution >= 4 is 65.6 Å². The van der Waals surface area contributed by atoms with Crippen molar-refractivity contribution in [3.63, 3.8) is 0 Å². The zero-order chi connectivity index (χ0) is 35.8. The second kappa shape index (κ2) is 11.2. The van der Waals surface area contributed by atoms with Gasteiger partial charge in [0.25, 0.3) is 0 Å². The Labute approximate surface area is 301 Å². The average molecular weight is 675 g/mol. The second-order valence-electron chi connectivity index (χ2n) is 12.9. The first kappa shape index (κ1) is 29.8. The van der Waals surface area contributed by atoms with E-state index in [1.807, 2.05) is 102 Å². The number of rotatable bonds is 3. The molecule has 7 heteroatoms. The molecule has 0 aliphatic carbocycles. The van der Waals surface area contributed by atoms with Crippen LogP contribution >= 0.6 is 0 Å². The molecule has 10 aromatic rings. The molecular formula is C46H22N6O. The highest BCUT2D eigenvalue weighted by Gasteiger charge is 2.26. The Morgan fingerprint density at radius 3 is 1.72 bits per heavy atom. The molecular weight excluding hydrogens is 653 g/mol. The van der Waals surface area contributed by atoms with E-state index in [2.05, 4.69) is 53.1 Å². The molecule has 0 saturated carbocycles. The highest BCUT2D eigenvalue weighted by atomic mass is 16.3. The second-order valence-corrected chi connectivity index (χ2v) is 12.9. The van der Waals surface area contributed by atoms with E-state index in [0.29, 0.717) is 28.1 Å². The van der Waals surface area contributed by atoms with Gasteiger partial charge in [0.15, 0.2) is 0 Å². The fourth-order valence-corrected chi connectivity index (χ4v) is 8.07. The van der Waals surface area contributed by atoms with Gasteiger partial charge in [-0.15, -0.1) is 0 Å². The fraction of sp³-hybridized carbons (Fsp3) is 0. The largest absolute Gasteiger partial charge is 0.455 e. The predicted molar refractivity (Wildman–Crippen MR) is 207 cm³/mol. The Kier molecular flexibility index (Phi) is 6.30. The van der Waals surface area contributed by atoms with Gasteiger partial charge in [0, 0.05) is 32.5 Å². The van der Waals surface area contributed by atoms with Crippen LogP contribution in [0.25, 0.3) is 88.1 Å². The summed E-state index contributed by atoms with van der Waals surface area (Å²) in [7, 11) is 0. The number of para-hydroxylation sites is 4. The molecule has 0 radical (unpaired) electrons. The minimum atomic E-state index is 0.0155. The molecule has 0 N–H and O–H groups in total. The fourth-order valence-electron chi connectivity index (χ4n) is 8.07. The van der Waals surface area contributed by atoms with Gasteiger partial charge in [-0.2, -0.15) is 21.0 Å². The number of benzene rings is 7. The van der Waals surface area contributed by atoms with Crippen LogP contribution in [0, 0.1) is 45.3 Å². The van der Waals surface area contributed by atoms with Crippen molar-refractivity contribution in [3.8, 4) is 46.8 Å². The molecule has 0 atom stereocenters. The monoisotopic (exact) mass is 674 g/mol. The summed E-state index contributed by atoms with van der Waals surface area (Å²) in [6, 6.07) is 52.3. The van der Waals surface area contributed by atoms with Crippen LogP contribution < -0.4 is 0 Å². The smallest absolute Gasteiger partial charge is 0.145 e. The van der Waals surface area contributed by atoms with Crippen LogP contribution in [-0.4, -0.2) is 9.13 Å². The van der Waals surface area contributed by atoms with Crippen molar-refractivity contribution in [3.05, 3.63) is 156 Å². The maximum atomic E-state index is 10.7. The standard InChI is InChI=1S/C46H22N6O/c47-23-28-18-17-27(22-42(28)51-40-15-7-3-12-34(40)44-41(51)20-19-33-32-11-4-8-16-43(32)53-46(33)44)35-21-29(24-48)36(25-49)37(26-50)45(35)52-38-13-5-1-9-30(38)31-10-2-6-14-39(31)52/h1-22H. The van der Waals surface area contributed by atoms with Gasteiger partial charge in [-0.05, 0) is 60.2 Å². The first-order chi connectivity index (χ1) is 26.1.